The number of nitrogens with zero attached hydrogens (tertiary/aromatic N) is 3. The number of imide groups is 1. The Morgan fingerprint density at radius 2 is 2.17 bits per heavy atom. The lowest BCUT2D eigenvalue weighted by Gasteiger charge is -2.25. The molecule has 0 aliphatic carbocycles. The monoisotopic (exact) mass is 308 g/mol. The number of imidazole rings is 1. The number of rotatable bonds is 1. The van der Waals surface area contributed by atoms with Gasteiger partial charge in [0.25, 0.3) is 0 Å². The molecule has 0 saturated carbocycles. The van der Waals surface area contributed by atoms with Gasteiger partial charge in [0.1, 0.15) is 11.5 Å². The van der Waals surface area contributed by atoms with Gasteiger partial charge in [0.15, 0.2) is 0 Å². The normalized spacial score (nSPS) is 16.2. The molecule has 1 saturated heterocycles. The molecule has 0 atom stereocenters. The molecule has 3 heterocycles. The molecule has 1 aliphatic rings. The smallest absolute Gasteiger partial charge is 0.285 e. The van der Waals surface area contributed by atoms with Gasteiger partial charge in [-0.3, -0.25) is 19.4 Å². The maximum atomic E-state index is 11.8. The van der Waals surface area contributed by atoms with E-state index >= 15 is 0 Å². The predicted octanol–water partition coefficient (Wildman–Crippen LogP) is 1.54. The molecule has 0 bridgehead atoms. The van der Waals surface area contributed by atoms with Crippen molar-refractivity contribution in [2.45, 2.75) is 6.42 Å². The number of pyridine rings is 1. The van der Waals surface area contributed by atoms with Crippen molar-refractivity contribution < 1.29 is 9.59 Å². The Morgan fingerprint density at radius 3 is 2.94 bits per heavy atom. The van der Waals surface area contributed by atoms with Crippen LogP contribution >= 0.6 is 15.9 Å². The number of hydrogen-bond acceptors (Lipinski definition) is 3. The van der Waals surface area contributed by atoms with E-state index in [0.717, 1.165) is 10.1 Å². The molecule has 0 radical (unpaired) electrons. The molecule has 92 valence electrons. The number of carbonyl (C=O) groups excluding carboxylic acids is 2. The average Bonchev–Trinajstić information content (AvgIpc) is 2.72. The van der Waals surface area contributed by atoms with Crippen molar-refractivity contribution in [2.75, 3.05) is 11.4 Å². The van der Waals surface area contributed by atoms with Crippen LogP contribution < -0.4 is 10.2 Å². The zero-order chi connectivity index (χ0) is 12.7. The lowest BCUT2D eigenvalue weighted by Crippen LogP contribution is -2.50. The number of hydrogen-bond donors (Lipinski definition) is 1. The van der Waals surface area contributed by atoms with Crippen LogP contribution in [-0.2, 0) is 4.79 Å². The standard InChI is InChI=1S/C11H9BrN4O2/c12-7-1-2-8-13-5-10(16(8)6-7)15-4-3-9(17)14-11(15)18/h1-2,5-6H,3-4H2,(H,14,17,18). The number of anilines is 1. The Kier molecular flexibility index (Phi) is 2.55. The molecular formula is C11H9BrN4O2. The Balaban J connectivity index is 2.06. The van der Waals surface area contributed by atoms with Crippen molar-refractivity contribution in [1.82, 2.24) is 14.7 Å². The summed E-state index contributed by atoms with van der Waals surface area (Å²) in [5.74, 6) is 0.405. The van der Waals surface area contributed by atoms with Crippen LogP contribution in [0.2, 0.25) is 0 Å². The number of fused-ring (bicyclic) bond motifs is 1. The number of amides is 3. The number of halogens is 1. The van der Waals surface area contributed by atoms with E-state index in [1.807, 2.05) is 18.3 Å². The third-order valence-electron chi connectivity index (χ3n) is 2.78. The maximum absolute atomic E-state index is 11.8. The third kappa shape index (κ3) is 1.76. The summed E-state index contributed by atoms with van der Waals surface area (Å²) in [6, 6.07) is 3.32. The molecule has 0 spiro atoms. The minimum atomic E-state index is -0.409. The van der Waals surface area contributed by atoms with Crippen molar-refractivity contribution in [3.05, 3.63) is 29.0 Å². The quantitative estimate of drug-likeness (QED) is 0.869. The van der Waals surface area contributed by atoms with Crippen molar-refractivity contribution in [3.8, 4) is 0 Å². The van der Waals surface area contributed by atoms with Gasteiger partial charge in [-0.15, -0.1) is 0 Å². The number of urea groups is 1. The zero-order valence-corrected chi connectivity index (χ0v) is 10.8. The first-order valence-electron chi connectivity index (χ1n) is 5.39. The Bertz CT molecular complexity index is 652. The van der Waals surface area contributed by atoms with E-state index in [1.54, 1.807) is 10.6 Å². The molecule has 3 amide bonds. The zero-order valence-electron chi connectivity index (χ0n) is 9.26. The fourth-order valence-corrected chi connectivity index (χ4v) is 2.26. The first-order valence-corrected chi connectivity index (χ1v) is 6.18. The van der Waals surface area contributed by atoms with Crippen LogP contribution in [0, 0.1) is 0 Å². The van der Waals surface area contributed by atoms with Crippen LogP contribution in [-0.4, -0.2) is 27.9 Å². The fourth-order valence-electron chi connectivity index (χ4n) is 1.92. The maximum Gasteiger partial charge on any atom is 0.329 e. The van der Waals surface area contributed by atoms with Gasteiger partial charge in [0.2, 0.25) is 5.91 Å². The topological polar surface area (TPSA) is 66.7 Å². The van der Waals surface area contributed by atoms with E-state index in [9.17, 15) is 9.59 Å². The lowest BCUT2D eigenvalue weighted by atomic mass is 10.3. The van der Waals surface area contributed by atoms with Crippen molar-refractivity contribution in [3.63, 3.8) is 0 Å². The molecule has 0 aromatic carbocycles. The fraction of sp³-hybridized carbons (Fsp3) is 0.182. The number of nitrogens with one attached hydrogen (secondary N) is 1. The number of aromatic nitrogens is 2. The van der Waals surface area contributed by atoms with E-state index in [2.05, 4.69) is 26.2 Å². The Hall–Kier alpha value is -1.89. The van der Waals surface area contributed by atoms with Gasteiger partial charge < -0.3 is 0 Å². The van der Waals surface area contributed by atoms with Crippen LogP contribution in [0.1, 0.15) is 6.42 Å². The number of carbonyl (C=O) groups is 2. The molecule has 6 nitrogen and oxygen atoms in total. The highest BCUT2D eigenvalue weighted by atomic mass is 79.9. The molecule has 1 fully saturated rings. The van der Waals surface area contributed by atoms with E-state index in [0.29, 0.717) is 18.8 Å². The van der Waals surface area contributed by atoms with Crippen molar-refractivity contribution in [1.29, 1.82) is 0 Å². The van der Waals surface area contributed by atoms with Gasteiger partial charge in [-0.2, -0.15) is 0 Å². The SMILES string of the molecule is O=C1CCN(c2cnc3ccc(Br)cn23)C(=O)N1. The molecule has 1 aliphatic heterocycles. The van der Waals surface area contributed by atoms with E-state index in [1.165, 1.54) is 4.90 Å². The molecule has 1 N–H and O–H groups in total. The van der Waals surface area contributed by atoms with E-state index in [4.69, 9.17) is 0 Å². The second-order valence-corrected chi connectivity index (χ2v) is 4.86. The molecule has 0 unspecified atom stereocenters. The van der Waals surface area contributed by atoms with Gasteiger partial charge in [-0.05, 0) is 28.1 Å². The second-order valence-electron chi connectivity index (χ2n) is 3.95. The summed E-state index contributed by atoms with van der Waals surface area (Å²) in [4.78, 5) is 28.6. The van der Waals surface area contributed by atoms with Crippen LogP contribution in [0.15, 0.2) is 29.0 Å². The first-order chi connectivity index (χ1) is 8.65. The summed E-state index contributed by atoms with van der Waals surface area (Å²) in [7, 11) is 0. The van der Waals surface area contributed by atoms with Gasteiger partial charge in [0.05, 0.1) is 6.20 Å². The summed E-state index contributed by atoms with van der Waals surface area (Å²) in [5, 5.41) is 2.29. The summed E-state index contributed by atoms with van der Waals surface area (Å²) < 4.78 is 2.70. The highest BCUT2D eigenvalue weighted by molar-refractivity contribution is 9.10. The summed E-state index contributed by atoms with van der Waals surface area (Å²) in [5.41, 5.74) is 0.748. The molecular weight excluding hydrogens is 300 g/mol. The molecule has 3 rings (SSSR count). The van der Waals surface area contributed by atoms with Crippen molar-refractivity contribution >= 4 is 39.3 Å². The van der Waals surface area contributed by atoms with Gasteiger partial charge in [-0.25, -0.2) is 9.78 Å². The van der Waals surface area contributed by atoms with Crippen LogP contribution in [0.3, 0.4) is 0 Å². The Labute approximate surface area is 111 Å². The predicted molar refractivity (Wildman–Crippen MR) is 68.4 cm³/mol. The average molecular weight is 309 g/mol. The third-order valence-corrected chi connectivity index (χ3v) is 3.25. The highest BCUT2D eigenvalue weighted by Crippen LogP contribution is 2.21. The minimum absolute atomic E-state index is 0.244. The van der Waals surface area contributed by atoms with Crippen LogP contribution in [0.25, 0.3) is 5.65 Å². The van der Waals surface area contributed by atoms with E-state index in [-0.39, 0.29) is 5.91 Å². The molecule has 18 heavy (non-hydrogen) atoms. The molecule has 2 aromatic rings. The highest BCUT2D eigenvalue weighted by Gasteiger charge is 2.26. The summed E-state index contributed by atoms with van der Waals surface area (Å²) in [6.07, 6.45) is 3.76. The lowest BCUT2D eigenvalue weighted by molar-refractivity contribution is -0.120. The summed E-state index contributed by atoms with van der Waals surface area (Å²) >= 11 is 3.38. The second kappa shape index (κ2) is 4.09. The van der Waals surface area contributed by atoms with Crippen LogP contribution in [0.4, 0.5) is 10.6 Å². The molecule has 2 aromatic heterocycles. The van der Waals surface area contributed by atoms with Gasteiger partial charge in [-0.1, -0.05) is 0 Å². The van der Waals surface area contributed by atoms with Crippen molar-refractivity contribution in [2.24, 2.45) is 0 Å². The van der Waals surface area contributed by atoms with E-state index < -0.39 is 6.03 Å². The minimum Gasteiger partial charge on any atom is -0.285 e. The van der Waals surface area contributed by atoms with Crippen LogP contribution in [0.5, 0.6) is 0 Å². The van der Waals surface area contributed by atoms with Gasteiger partial charge >= 0.3 is 6.03 Å². The Morgan fingerprint density at radius 1 is 1.33 bits per heavy atom. The summed E-state index contributed by atoms with van der Waals surface area (Å²) in [6.45, 7) is 0.366. The largest absolute Gasteiger partial charge is 0.329 e. The first kappa shape index (κ1) is 11.2. The molecule has 7 heteroatoms. The van der Waals surface area contributed by atoms with Gasteiger partial charge in [0, 0.05) is 23.6 Å².